The number of nitrogens with two attached hydrogens (primary N) is 1. The van der Waals surface area contributed by atoms with Gasteiger partial charge in [0.15, 0.2) is 0 Å². The lowest BCUT2D eigenvalue weighted by molar-refractivity contribution is -0.139. The summed E-state index contributed by atoms with van der Waals surface area (Å²) in [6.45, 7) is 9.74. The number of anilines is 1. The number of halogens is 3. The molecule has 0 aliphatic heterocycles. The molecule has 1 aromatic carbocycles. The number of carbonyl (C=O) groups is 1. The Kier molecular flexibility index (Phi) is 8.89. The van der Waals surface area contributed by atoms with E-state index in [2.05, 4.69) is 10.3 Å². The summed E-state index contributed by atoms with van der Waals surface area (Å²) in [6, 6.07) is 7.14. The Morgan fingerprint density at radius 3 is 2.39 bits per heavy atom. The van der Waals surface area contributed by atoms with Crippen LogP contribution in [0, 0.1) is 11.8 Å². The van der Waals surface area contributed by atoms with Crippen LogP contribution in [0.3, 0.4) is 0 Å². The van der Waals surface area contributed by atoms with Gasteiger partial charge in [0.1, 0.15) is 11.6 Å². The van der Waals surface area contributed by atoms with Crippen LogP contribution in [0.25, 0.3) is 11.1 Å². The van der Waals surface area contributed by atoms with Gasteiger partial charge in [-0.15, -0.1) is 0 Å². The average Bonchev–Trinajstić information content (AvgIpc) is 2.70. The van der Waals surface area contributed by atoms with Gasteiger partial charge >= 0.3 is 6.18 Å². The molecule has 3 N–H and O–H groups in total. The molecule has 1 amide bonds. The van der Waals surface area contributed by atoms with E-state index >= 15 is 0 Å². The van der Waals surface area contributed by atoms with E-state index in [9.17, 15) is 18.0 Å². The highest BCUT2D eigenvalue weighted by molar-refractivity contribution is 5.90. The van der Waals surface area contributed by atoms with Crippen molar-refractivity contribution in [2.24, 2.45) is 17.6 Å². The number of alkyl halides is 3. The molecule has 0 aliphatic rings. The molecule has 0 radical (unpaired) electrons. The van der Waals surface area contributed by atoms with E-state index in [-0.39, 0.29) is 30.1 Å². The van der Waals surface area contributed by atoms with Crippen LogP contribution in [0.15, 0.2) is 36.5 Å². The summed E-state index contributed by atoms with van der Waals surface area (Å²) in [7, 11) is 0. The van der Waals surface area contributed by atoms with Crippen molar-refractivity contribution in [3.8, 4) is 16.9 Å². The molecule has 0 saturated carbocycles. The predicted octanol–water partition coefficient (Wildman–Crippen LogP) is 6.28. The molecule has 0 spiro atoms. The van der Waals surface area contributed by atoms with Crippen LogP contribution in [0.4, 0.5) is 19.0 Å². The van der Waals surface area contributed by atoms with Gasteiger partial charge in [0.25, 0.3) is 0 Å². The van der Waals surface area contributed by atoms with Gasteiger partial charge in [0.2, 0.25) is 5.91 Å². The molecule has 0 saturated heterocycles. The van der Waals surface area contributed by atoms with Crippen molar-refractivity contribution in [1.29, 1.82) is 0 Å². The first kappa shape index (κ1) is 26.6. The first-order valence-corrected chi connectivity index (χ1v) is 11.2. The Labute approximate surface area is 193 Å². The molecular formula is C25H34F3N3O2. The standard InChI is InChI=1S/C25H34F3N3O2/c1-6-16(2)11-23(32)31-22-13-19(9-10-30-22)18-7-8-21(20(12-18)25(26,27)28)33-15-17(3)14-24(4,5)29/h7-10,12-13,16-17H,6,11,14-15,29H2,1-5H3,(H,30,31,32). The third kappa shape index (κ3) is 8.68. The highest BCUT2D eigenvalue weighted by Crippen LogP contribution is 2.39. The zero-order valence-electron chi connectivity index (χ0n) is 19.9. The Morgan fingerprint density at radius 2 is 1.79 bits per heavy atom. The van der Waals surface area contributed by atoms with Crippen molar-refractivity contribution < 1.29 is 22.7 Å². The molecule has 0 aliphatic carbocycles. The van der Waals surface area contributed by atoms with Crippen LogP contribution in [0.2, 0.25) is 0 Å². The number of hydrogen-bond acceptors (Lipinski definition) is 4. The van der Waals surface area contributed by atoms with E-state index in [1.807, 2.05) is 34.6 Å². The molecule has 182 valence electrons. The highest BCUT2D eigenvalue weighted by atomic mass is 19.4. The van der Waals surface area contributed by atoms with Crippen molar-refractivity contribution in [3.63, 3.8) is 0 Å². The SMILES string of the molecule is CCC(C)CC(=O)Nc1cc(-c2ccc(OCC(C)CC(C)(C)N)c(C(F)(F)F)c2)ccn1. The molecule has 1 aromatic heterocycles. The lowest BCUT2D eigenvalue weighted by Gasteiger charge is -2.24. The maximum Gasteiger partial charge on any atom is 0.419 e. The summed E-state index contributed by atoms with van der Waals surface area (Å²) in [5.74, 6) is 0.127. The molecule has 5 nitrogen and oxygen atoms in total. The molecule has 2 rings (SSSR count). The van der Waals surface area contributed by atoms with Crippen molar-refractivity contribution in [1.82, 2.24) is 4.98 Å². The normalized spacial score (nSPS) is 14.0. The van der Waals surface area contributed by atoms with Gasteiger partial charge in [-0.05, 0) is 67.5 Å². The molecule has 2 aromatic rings. The lowest BCUT2D eigenvalue weighted by atomic mass is 9.93. The second kappa shape index (κ2) is 11.0. The van der Waals surface area contributed by atoms with E-state index in [0.717, 1.165) is 12.5 Å². The van der Waals surface area contributed by atoms with Gasteiger partial charge in [-0.3, -0.25) is 4.79 Å². The average molecular weight is 466 g/mol. The Balaban J connectivity index is 2.24. The maximum absolute atomic E-state index is 13.8. The molecule has 0 fully saturated rings. The number of nitrogens with zero attached hydrogens (tertiary/aromatic N) is 1. The fraction of sp³-hybridized carbons (Fsp3) is 0.520. The van der Waals surface area contributed by atoms with Crippen LogP contribution in [0.1, 0.15) is 59.4 Å². The fourth-order valence-electron chi connectivity index (χ4n) is 3.58. The van der Waals surface area contributed by atoms with Gasteiger partial charge in [-0.1, -0.05) is 33.3 Å². The number of amides is 1. The Morgan fingerprint density at radius 1 is 1.12 bits per heavy atom. The van der Waals surface area contributed by atoms with E-state index in [1.165, 1.54) is 12.3 Å². The molecular weight excluding hydrogens is 431 g/mol. The predicted molar refractivity (Wildman–Crippen MR) is 125 cm³/mol. The second-order valence-corrected chi connectivity index (χ2v) is 9.51. The summed E-state index contributed by atoms with van der Waals surface area (Å²) in [4.78, 5) is 16.3. The van der Waals surface area contributed by atoms with E-state index in [1.54, 1.807) is 18.2 Å². The molecule has 8 heteroatoms. The summed E-state index contributed by atoms with van der Waals surface area (Å²) in [5.41, 5.74) is 5.58. The molecule has 0 bridgehead atoms. The minimum Gasteiger partial charge on any atom is -0.493 e. The topological polar surface area (TPSA) is 77.2 Å². The molecule has 2 atom stereocenters. The first-order valence-electron chi connectivity index (χ1n) is 11.2. The first-order chi connectivity index (χ1) is 15.3. The minimum absolute atomic E-state index is 0.00689. The highest BCUT2D eigenvalue weighted by Gasteiger charge is 2.35. The van der Waals surface area contributed by atoms with Crippen molar-refractivity contribution in [3.05, 3.63) is 42.1 Å². The number of rotatable bonds is 10. The number of hydrogen-bond donors (Lipinski definition) is 2. The third-order valence-corrected chi connectivity index (χ3v) is 5.27. The summed E-state index contributed by atoms with van der Waals surface area (Å²) in [5, 5.41) is 2.72. The van der Waals surface area contributed by atoms with Crippen molar-refractivity contribution in [2.75, 3.05) is 11.9 Å². The summed E-state index contributed by atoms with van der Waals surface area (Å²) >= 11 is 0. The van der Waals surface area contributed by atoms with E-state index < -0.39 is 17.3 Å². The van der Waals surface area contributed by atoms with Crippen LogP contribution < -0.4 is 15.8 Å². The molecule has 2 unspecified atom stereocenters. The largest absolute Gasteiger partial charge is 0.493 e. The van der Waals surface area contributed by atoms with Crippen molar-refractivity contribution >= 4 is 11.7 Å². The van der Waals surface area contributed by atoms with Gasteiger partial charge in [0, 0.05) is 18.2 Å². The number of nitrogens with one attached hydrogen (secondary N) is 1. The number of benzene rings is 1. The van der Waals surface area contributed by atoms with Gasteiger partial charge in [0.05, 0.1) is 12.2 Å². The number of carbonyl (C=O) groups excluding carboxylic acids is 1. The van der Waals surface area contributed by atoms with Gasteiger partial charge in [-0.2, -0.15) is 13.2 Å². The summed E-state index contributed by atoms with van der Waals surface area (Å²) < 4.78 is 46.9. The zero-order chi connectivity index (χ0) is 24.8. The number of ether oxygens (including phenoxy) is 1. The number of pyridine rings is 1. The molecule has 33 heavy (non-hydrogen) atoms. The third-order valence-electron chi connectivity index (χ3n) is 5.27. The lowest BCUT2D eigenvalue weighted by Crippen LogP contribution is -2.35. The molecule has 1 heterocycles. The quantitative estimate of drug-likeness (QED) is 0.433. The fourth-order valence-corrected chi connectivity index (χ4v) is 3.58. The van der Waals surface area contributed by atoms with Gasteiger partial charge in [-0.25, -0.2) is 4.98 Å². The maximum atomic E-state index is 13.8. The summed E-state index contributed by atoms with van der Waals surface area (Å²) in [6.07, 6.45) is -1.27. The smallest absolute Gasteiger partial charge is 0.419 e. The van der Waals surface area contributed by atoms with E-state index in [0.29, 0.717) is 29.8 Å². The van der Waals surface area contributed by atoms with Crippen LogP contribution in [0.5, 0.6) is 5.75 Å². The Bertz CT molecular complexity index is 939. The van der Waals surface area contributed by atoms with Crippen molar-refractivity contribution in [2.45, 2.75) is 65.6 Å². The zero-order valence-corrected chi connectivity index (χ0v) is 19.9. The number of aromatic nitrogens is 1. The monoisotopic (exact) mass is 465 g/mol. The minimum atomic E-state index is -4.58. The van der Waals surface area contributed by atoms with Crippen LogP contribution >= 0.6 is 0 Å². The Hall–Kier alpha value is -2.61. The van der Waals surface area contributed by atoms with Crippen LogP contribution in [-0.4, -0.2) is 23.0 Å². The van der Waals surface area contributed by atoms with Crippen LogP contribution in [-0.2, 0) is 11.0 Å². The second-order valence-electron chi connectivity index (χ2n) is 9.51. The van der Waals surface area contributed by atoms with Gasteiger partial charge < -0.3 is 15.8 Å². The van der Waals surface area contributed by atoms with E-state index in [4.69, 9.17) is 10.5 Å².